The molecule has 0 spiro atoms. The van der Waals surface area contributed by atoms with Gasteiger partial charge in [0.05, 0.1) is 22.1 Å². The van der Waals surface area contributed by atoms with E-state index in [1.54, 1.807) is 19.1 Å². The van der Waals surface area contributed by atoms with Crippen molar-refractivity contribution in [2.75, 3.05) is 12.4 Å². The molecule has 0 atom stereocenters. The van der Waals surface area contributed by atoms with E-state index in [2.05, 4.69) is 21.2 Å². The van der Waals surface area contributed by atoms with Crippen LogP contribution in [0.2, 0.25) is 0 Å². The smallest absolute Gasteiger partial charge is 0.293 e. The Morgan fingerprint density at radius 3 is 2.62 bits per heavy atom. The number of methoxy groups -OCH3 is 1. The van der Waals surface area contributed by atoms with Crippen molar-refractivity contribution in [3.05, 3.63) is 74.2 Å². The number of halogens is 1. The molecule has 1 N–H and O–H groups in total. The molecule has 7 heteroatoms. The molecule has 0 aromatic heterocycles. The van der Waals surface area contributed by atoms with Crippen LogP contribution in [0.1, 0.15) is 15.9 Å². The van der Waals surface area contributed by atoms with E-state index in [9.17, 15) is 14.9 Å². The fraction of sp³-hybridized carbons (Fsp3) is 0.105. The Morgan fingerprint density at radius 2 is 1.92 bits per heavy atom. The van der Waals surface area contributed by atoms with E-state index in [1.165, 1.54) is 19.2 Å². The summed E-state index contributed by atoms with van der Waals surface area (Å²) in [7, 11) is 1.47. The maximum atomic E-state index is 12.8. The molecule has 26 heavy (non-hydrogen) atoms. The van der Waals surface area contributed by atoms with Crippen molar-refractivity contribution < 1.29 is 14.5 Å². The minimum Gasteiger partial charge on any atom is -0.495 e. The molecule has 0 heterocycles. The van der Waals surface area contributed by atoms with Crippen LogP contribution in [0.25, 0.3) is 10.8 Å². The maximum Gasteiger partial charge on any atom is 0.293 e. The van der Waals surface area contributed by atoms with Crippen molar-refractivity contribution in [1.29, 1.82) is 0 Å². The first kappa shape index (κ1) is 17.9. The second-order valence-corrected chi connectivity index (χ2v) is 6.52. The van der Waals surface area contributed by atoms with Crippen LogP contribution in [0, 0.1) is 17.0 Å². The molecular formula is C19H15BrN2O4. The van der Waals surface area contributed by atoms with E-state index in [4.69, 9.17) is 4.74 Å². The molecule has 3 aromatic rings. The number of nitro benzene ring substituents is 1. The third-order valence-corrected chi connectivity index (χ3v) is 4.78. The summed E-state index contributed by atoms with van der Waals surface area (Å²) in [6.45, 7) is 1.75. The minimum atomic E-state index is -0.518. The van der Waals surface area contributed by atoms with Gasteiger partial charge in [-0.05, 0) is 51.3 Å². The lowest BCUT2D eigenvalue weighted by molar-refractivity contribution is -0.384. The number of nitrogens with one attached hydrogen (secondary N) is 1. The van der Waals surface area contributed by atoms with Crippen molar-refractivity contribution in [2.24, 2.45) is 0 Å². The number of rotatable bonds is 4. The molecule has 0 aliphatic carbocycles. The first-order valence-electron chi connectivity index (χ1n) is 7.74. The number of carbonyl (C=O) groups is 1. The molecule has 3 aromatic carbocycles. The molecule has 1 amide bonds. The average Bonchev–Trinajstić information content (AvgIpc) is 2.63. The van der Waals surface area contributed by atoms with Crippen LogP contribution in [0.3, 0.4) is 0 Å². The zero-order valence-electron chi connectivity index (χ0n) is 14.1. The number of fused-ring (bicyclic) bond motifs is 1. The zero-order chi connectivity index (χ0) is 18.8. The lowest BCUT2D eigenvalue weighted by Gasteiger charge is -2.14. The largest absolute Gasteiger partial charge is 0.495 e. The minimum absolute atomic E-state index is 0.136. The zero-order valence-corrected chi connectivity index (χ0v) is 15.7. The highest BCUT2D eigenvalue weighted by atomic mass is 79.9. The Kier molecular flexibility index (Phi) is 4.90. The SMILES string of the molecule is COc1c(C(=O)Nc2ccc(C)cc2[N+](=O)[O-])cc2ccccc2c1Br. The van der Waals surface area contributed by atoms with Crippen LogP contribution >= 0.6 is 15.9 Å². The molecule has 0 bridgehead atoms. The van der Waals surface area contributed by atoms with Gasteiger partial charge < -0.3 is 10.1 Å². The maximum absolute atomic E-state index is 12.8. The van der Waals surface area contributed by atoms with E-state index in [0.717, 1.165) is 16.3 Å². The van der Waals surface area contributed by atoms with Crippen molar-refractivity contribution in [2.45, 2.75) is 6.92 Å². The summed E-state index contributed by atoms with van der Waals surface area (Å²) < 4.78 is 6.05. The number of nitrogens with zero attached hydrogens (tertiary/aromatic N) is 1. The molecule has 6 nitrogen and oxygen atoms in total. The molecule has 3 rings (SSSR count). The summed E-state index contributed by atoms with van der Waals surface area (Å²) in [6, 6.07) is 13.9. The molecule has 0 saturated heterocycles. The molecule has 0 aliphatic rings. The average molecular weight is 415 g/mol. The first-order valence-corrected chi connectivity index (χ1v) is 8.53. The third kappa shape index (κ3) is 3.25. The van der Waals surface area contributed by atoms with Gasteiger partial charge in [0, 0.05) is 6.07 Å². The molecule has 0 fully saturated rings. The first-order chi connectivity index (χ1) is 12.4. The van der Waals surface area contributed by atoms with Gasteiger partial charge in [0.1, 0.15) is 11.4 Å². The summed E-state index contributed by atoms with van der Waals surface area (Å²) >= 11 is 3.48. The van der Waals surface area contributed by atoms with Crippen LogP contribution in [0.4, 0.5) is 11.4 Å². The normalized spacial score (nSPS) is 10.6. The van der Waals surface area contributed by atoms with Crippen molar-refractivity contribution in [1.82, 2.24) is 0 Å². The van der Waals surface area contributed by atoms with Crippen LogP contribution < -0.4 is 10.1 Å². The van der Waals surface area contributed by atoms with E-state index in [1.807, 2.05) is 24.3 Å². The van der Waals surface area contributed by atoms with Gasteiger partial charge in [-0.2, -0.15) is 0 Å². The number of carbonyl (C=O) groups excluding carboxylic acids is 1. The highest BCUT2D eigenvalue weighted by Gasteiger charge is 2.21. The topological polar surface area (TPSA) is 81.5 Å². The predicted molar refractivity (Wildman–Crippen MR) is 104 cm³/mol. The molecule has 0 saturated carbocycles. The summed E-state index contributed by atoms with van der Waals surface area (Å²) in [6.07, 6.45) is 0. The summed E-state index contributed by atoms with van der Waals surface area (Å²) in [5.74, 6) is -0.115. The van der Waals surface area contributed by atoms with Gasteiger partial charge >= 0.3 is 0 Å². The molecule has 0 aliphatic heterocycles. The Balaban J connectivity index is 2.07. The number of aryl methyl sites for hydroxylation is 1. The number of hydrogen-bond acceptors (Lipinski definition) is 4. The van der Waals surface area contributed by atoms with Crippen molar-refractivity contribution >= 4 is 44.0 Å². The second kappa shape index (κ2) is 7.13. The fourth-order valence-electron chi connectivity index (χ4n) is 2.74. The Bertz CT molecular complexity index is 1030. The number of benzene rings is 3. The quantitative estimate of drug-likeness (QED) is 0.476. The Hall–Kier alpha value is -2.93. The van der Waals surface area contributed by atoms with Gasteiger partial charge in [0.15, 0.2) is 0 Å². The van der Waals surface area contributed by atoms with Crippen molar-refractivity contribution in [3.63, 3.8) is 0 Å². The predicted octanol–water partition coefficient (Wildman–Crippen LogP) is 5.08. The van der Waals surface area contributed by atoms with E-state index < -0.39 is 10.8 Å². The number of anilines is 1. The standard InChI is InChI=1S/C19H15BrN2O4/c1-11-7-8-15(16(9-11)22(24)25)21-19(23)14-10-12-5-3-4-6-13(12)17(20)18(14)26-2/h3-10H,1-2H3,(H,21,23). The van der Waals surface area contributed by atoms with E-state index >= 15 is 0 Å². The number of amides is 1. The summed E-state index contributed by atoms with van der Waals surface area (Å²) in [4.78, 5) is 23.6. The highest BCUT2D eigenvalue weighted by molar-refractivity contribution is 9.10. The monoisotopic (exact) mass is 414 g/mol. The summed E-state index contributed by atoms with van der Waals surface area (Å²) in [5, 5.41) is 15.6. The van der Waals surface area contributed by atoms with Crippen LogP contribution in [0.15, 0.2) is 53.0 Å². The second-order valence-electron chi connectivity index (χ2n) is 5.72. The van der Waals surface area contributed by atoms with Gasteiger partial charge in [0.2, 0.25) is 0 Å². The molecule has 132 valence electrons. The lowest BCUT2D eigenvalue weighted by atomic mass is 10.0. The fourth-order valence-corrected chi connectivity index (χ4v) is 3.48. The molecular weight excluding hydrogens is 400 g/mol. The number of ether oxygens (including phenoxy) is 1. The van der Waals surface area contributed by atoms with Crippen LogP contribution in [-0.2, 0) is 0 Å². The summed E-state index contributed by atoms with van der Waals surface area (Å²) in [5.41, 5.74) is 1.00. The molecule has 0 unspecified atom stereocenters. The number of nitro groups is 1. The van der Waals surface area contributed by atoms with Gasteiger partial charge in [-0.25, -0.2) is 0 Å². The van der Waals surface area contributed by atoms with Crippen molar-refractivity contribution in [3.8, 4) is 5.75 Å². The Morgan fingerprint density at radius 1 is 1.19 bits per heavy atom. The van der Waals surface area contributed by atoms with Gasteiger partial charge in [0.25, 0.3) is 11.6 Å². The van der Waals surface area contributed by atoms with E-state index in [-0.39, 0.29) is 16.9 Å². The third-order valence-electron chi connectivity index (χ3n) is 3.99. The highest BCUT2D eigenvalue weighted by Crippen LogP contribution is 2.37. The number of hydrogen-bond donors (Lipinski definition) is 1. The van der Waals surface area contributed by atoms with E-state index in [0.29, 0.717) is 10.2 Å². The lowest BCUT2D eigenvalue weighted by Crippen LogP contribution is -2.14. The van der Waals surface area contributed by atoms with Gasteiger partial charge in [-0.3, -0.25) is 14.9 Å². The van der Waals surface area contributed by atoms with Gasteiger partial charge in [-0.1, -0.05) is 30.3 Å². The van der Waals surface area contributed by atoms with Gasteiger partial charge in [-0.15, -0.1) is 0 Å². The Labute approximate surface area is 158 Å². The van der Waals surface area contributed by atoms with Crippen LogP contribution in [-0.4, -0.2) is 17.9 Å². The van der Waals surface area contributed by atoms with Crippen LogP contribution in [0.5, 0.6) is 5.75 Å². The molecule has 0 radical (unpaired) electrons.